The first-order valence-corrected chi connectivity index (χ1v) is 9.36. The van der Waals surface area contributed by atoms with Gasteiger partial charge >= 0.3 is 6.18 Å². The van der Waals surface area contributed by atoms with E-state index in [9.17, 15) is 21.6 Å². The second kappa shape index (κ2) is 8.01. The number of benzene rings is 1. The summed E-state index contributed by atoms with van der Waals surface area (Å²) in [5.74, 6) is 0. The molecule has 5 nitrogen and oxygen atoms in total. The summed E-state index contributed by atoms with van der Waals surface area (Å²) in [7, 11) is -4.09. The Labute approximate surface area is 144 Å². The first-order chi connectivity index (χ1) is 11.2. The topological polar surface area (TPSA) is 61.4 Å². The van der Waals surface area contributed by atoms with Crippen LogP contribution in [0, 0.1) is 0 Å². The monoisotopic (exact) mass is 385 g/mol. The van der Waals surface area contributed by atoms with Gasteiger partial charge in [-0.2, -0.15) is 13.2 Å². The highest BCUT2D eigenvalue weighted by atomic mass is 35.5. The van der Waals surface area contributed by atoms with Crippen molar-refractivity contribution in [3.63, 3.8) is 0 Å². The number of hydrogen-bond donors (Lipinski definition) is 2. The van der Waals surface area contributed by atoms with Gasteiger partial charge in [-0.15, -0.1) is 0 Å². The number of nitrogens with zero attached hydrogens (tertiary/aromatic N) is 1. The predicted octanol–water partition coefficient (Wildman–Crippen LogP) is 1.93. The lowest BCUT2D eigenvalue weighted by molar-refractivity contribution is -0.137. The van der Waals surface area contributed by atoms with Crippen molar-refractivity contribution in [2.45, 2.75) is 17.5 Å². The van der Waals surface area contributed by atoms with Crippen LogP contribution in [-0.4, -0.2) is 52.6 Å². The molecular formula is C14H19ClF3N3O2S. The molecule has 1 aromatic carbocycles. The summed E-state index contributed by atoms with van der Waals surface area (Å²) in [6, 6.07) is 2.26. The normalized spacial score (nSPS) is 17.2. The van der Waals surface area contributed by atoms with Crippen LogP contribution in [-0.2, 0) is 16.2 Å². The van der Waals surface area contributed by atoms with Crippen LogP contribution >= 0.6 is 11.6 Å². The number of alkyl halides is 3. The van der Waals surface area contributed by atoms with Gasteiger partial charge in [-0.1, -0.05) is 11.6 Å². The molecule has 2 rings (SSSR count). The highest BCUT2D eigenvalue weighted by molar-refractivity contribution is 7.89. The number of halogens is 4. The molecule has 0 spiro atoms. The van der Waals surface area contributed by atoms with Gasteiger partial charge in [-0.3, -0.25) is 0 Å². The molecule has 1 aliphatic rings. The van der Waals surface area contributed by atoms with E-state index in [4.69, 9.17) is 11.6 Å². The van der Waals surface area contributed by atoms with E-state index < -0.39 is 26.7 Å². The second-order valence-corrected chi connectivity index (χ2v) is 7.63. The maximum atomic E-state index is 12.7. The van der Waals surface area contributed by atoms with E-state index in [1.54, 1.807) is 0 Å². The Morgan fingerprint density at radius 2 is 1.92 bits per heavy atom. The molecule has 1 aliphatic heterocycles. The molecule has 0 radical (unpaired) electrons. The fourth-order valence-electron chi connectivity index (χ4n) is 2.41. The van der Waals surface area contributed by atoms with E-state index >= 15 is 0 Å². The Balaban J connectivity index is 1.97. The minimum atomic E-state index is -4.63. The fourth-order valence-corrected chi connectivity index (χ4v) is 4.01. The van der Waals surface area contributed by atoms with E-state index in [2.05, 4.69) is 14.9 Å². The van der Waals surface area contributed by atoms with Gasteiger partial charge in [-0.25, -0.2) is 13.1 Å². The smallest absolute Gasteiger partial charge is 0.314 e. The summed E-state index contributed by atoms with van der Waals surface area (Å²) in [6.45, 7) is 4.44. The van der Waals surface area contributed by atoms with Crippen LogP contribution < -0.4 is 10.0 Å². The molecule has 1 fully saturated rings. The van der Waals surface area contributed by atoms with Crippen molar-refractivity contribution in [1.29, 1.82) is 0 Å². The van der Waals surface area contributed by atoms with Gasteiger partial charge in [0.05, 0.1) is 10.6 Å². The third kappa shape index (κ3) is 5.32. The van der Waals surface area contributed by atoms with Gasteiger partial charge in [0, 0.05) is 32.7 Å². The zero-order valence-electron chi connectivity index (χ0n) is 12.9. The van der Waals surface area contributed by atoms with Crippen LogP contribution in [0.25, 0.3) is 0 Å². The molecule has 0 atom stereocenters. The number of sulfonamides is 1. The lowest BCUT2D eigenvalue weighted by Gasteiger charge is -2.27. The van der Waals surface area contributed by atoms with Crippen LogP contribution in [0.15, 0.2) is 23.1 Å². The molecular weight excluding hydrogens is 367 g/mol. The van der Waals surface area contributed by atoms with E-state index in [-0.39, 0.29) is 11.6 Å². The van der Waals surface area contributed by atoms with E-state index in [1.807, 2.05) is 0 Å². The quantitative estimate of drug-likeness (QED) is 0.735. The van der Waals surface area contributed by atoms with Gasteiger partial charge in [0.1, 0.15) is 4.90 Å². The van der Waals surface area contributed by atoms with Gasteiger partial charge < -0.3 is 10.2 Å². The summed E-state index contributed by atoms with van der Waals surface area (Å²) in [5.41, 5.74) is -1.05. The van der Waals surface area contributed by atoms with Crippen LogP contribution in [0.2, 0.25) is 5.02 Å². The molecule has 1 aromatic rings. The van der Waals surface area contributed by atoms with Gasteiger partial charge in [-0.05, 0) is 31.2 Å². The van der Waals surface area contributed by atoms with E-state index in [0.717, 1.165) is 44.9 Å². The molecule has 1 heterocycles. The van der Waals surface area contributed by atoms with Crippen LogP contribution in [0.5, 0.6) is 0 Å². The highest BCUT2D eigenvalue weighted by Crippen LogP contribution is 2.33. The molecule has 0 amide bonds. The fraction of sp³-hybridized carbons (Fsp3) is 0.571. The molecule has 0 saturated carbocycles. The zero-order valence-corrected chi connectivity index (χ0v) is 14.4. The predicted molar refractivity (Wildman–Crippen MR) is 85.6 cm³/mol. The molecule has 0 bridgehead atoms. The molecule has 10 heteroatoms. The van der Waals surface area contributed by atoms with Gasteiger partial charge in [0.2, 0.25) is 10.0 Å². The maximum absolute atomic E-state index is 12.7. The van der Waals surface area contributed by atoms with Crippen molar-refractivity contribution in [3.05, 3.63) is 28.8 Å². The Morgan fingerprint density at radius 1 is 1.25 bits per heavy atom. The molecule has 24 heavy (non-hydrogen) atoms. The largest absolute Gasteiger partial charge is 0.416 e. The highest BCUT2D eigenvalue weighted by Gasteiger charge is 2.32. The Kier molecular flexibility index (Phi) is 6.49. The van der Waals surface area contributed by atoms with Crippen LogP contribution in [0.4, 0.5) is 13.2 Å². The van der Waals surface area contributed by atoms with Crippen molar-refractivity contribution >= 4 is 21.6 Å². The summed E-state index contributed by atoms with van der Waals surface area (Å²) in [5, 5.41) is 2.98. The third-order valence-corrected chi connectivity index (χ3v) is 5.64. The molecule has 136 valence electrons. The summed E-state index contributed by atoms with van der Waals surface area (Å²) in [4.78, 5) is 1.64. The molecule has 2 N–H and O–H groups in total. The standard InChI is InChI=1S/C14H19ClF3N3O2S/c15-12-3-2-11(14(16,17)18)10-13(12)24(22,23)20-4-1-7-21-8-5-19-6-9-21/h2-3,10,19-20H,1,4-9H2. The van der Waals surface area contributed by atoms with Crippen molar-refractivity contribution in [1.82, 2.24) is 14.9 Å². The second-order valence-electron chi connectivity index (χ2n) is 5.49. The van der Waals surface area contributed by atoms with Crippen molar-refractivity contribution in [2.24, 2.45) is 0 Å². The Morgan fingerprint density at radius 3 is 2.54 bits per heavy atom. The molecule has 0 unspecified atom stereocenters. The average molecular weight is 386 g/mol. The van der Waals surface area contributed by atoms with E-state index in [1.165, 1.54) is 0 Å². The average Bonchev–Trinajstić information content (AvgIpc) is 2.52. The van der Waals surface area contributed by atoms with E-state index in [0.29, 0.717) is 12.5 Å². The number of nitrogens with one attached hydrogen (secondary N) is 2. The number of piperazine rings is 1. The maximum Gasteiger partial charge on any atom is 0.416 e. The van der Waals surface area contributed by atoms with Crippen LogP contribution in [0.1, 0.15) is 12.0 Å². The third-order valence-electron chi connectivity index (χ3n) is 3.70. The van der Waals surface area contributed by atoms with Crippen LogP contribution in [0.3, 0.4) is 0 Å². The van der Waals surface area contributed by atoms with Crippen molar-refractivity contribution in [2.75, 3.05) is 39.3 Å². The minimum Gasteiger partial charge on any atom is -0.314 e. The molecule has 0 aliphatic carbocycles. The van der Waals surface area contributed by atoms with Crippen molar-refractivity contribution < 1.29 is 21.6 Å². The lowest BCUT2D eigenvalue weighted by atomic mass is 10.2. The minimum absolute atomic E-state index is 0.138. The Bertz CT molecular complexity index is 662. The number of hydrogen-bond acceptors (Lipinski definition) is 4. The lowest BCUT2D eigenvalue weighted by Crippen LogP contribution is -2.44. The molecule has 1 saturated heterocycles. The van der Waals surface area contributed by atoms with Crippen molar-refractivity contribution in [3.8, 4) is 0 Å². The first-order valence-electron chi connectivity index (χ1n) is 7.49. The zero-order chi connectivity index (χ0) is 17.8. The summed E-state index contributed by atoms with van der Waals surface area (Å²) in [6.07, 6.45) is -4.06. The SMILES string of the molecule is O=S(=O)(NCCCN1CCNCC1)c1cc(C(F)(F)F)ccc1Cl. The van der Waals surface area contributed by atoms with Gasteiger partial charge in [0.15, 0.2) is 0 Å². The van der Waals surface area contributed by atoms with Gasteiger partial charge in [0.25, 0.3) is 0 Å². The summed E-state index contributed by atoms with van der Waals surface area (Å²) >= 11 is 5.76. The Hall–Kier alpha value is -0.870. The summed E-state index contributed by atoms with van der Waals surface area (Å²) < 4.78 is 64.9. The molecule has 0 aromatic heterocycles. The number of rotatable bonds is 6. The first kappa shape index (κ1) is 19.5.